The van der Waals surface area contributed by atoms with E-state index in [9.17, 15) is 0 Å². The Morgan fingerprint density at radius 2 is 1.89 bits per heavy atom. The van der Waals surface area contributed by atoms with Crippen molar-refractivity contribution in [2.75, 3.05) is 12.5 Å². The molecule has 4 nitrogen and oxygen atoms in total. The zero-order chi connectivity index (χ0) is 13.8. The summed E-state index contributed by atoms with van der Waals surface area (Å²) in [6, 6.07) is 11.9. The first kappa shape index (κ1) is 13.0. The van der Waals surface area contributed by atoms with Crippen LogP contribution in [0.25, 0.3) is 0 Å². The zero-order valence-electron chi connectivity index (χ0n) is 11.4. The molecule has 2 rings (SSSR count). The van der Waals surface area contributed by atoms with E-state index in [0.717, 1.165) is 17.0 Å². The fourth-order valence-corrected chi connectivity index (χ4v) is 2.04. The lowest BCUT2D eigenvalue weighted by molar-refractivity contribution is 0.413. The van der Waals surface area contributed by atoms with Gasteiger partial charge < -0.3 is 10.2 Å². The molecular weight excluding hydrogens is 238 g/mol. The van der Waals surface area contributed by atoms with Gasteiger partial charge in [-0.05, 0) is 43.7 Å². The molecule has 4 heteroatoms. The molecule has 0 fully saturated rings. The summed E-state index contributed by atoms with van der Waals surface area (Å²) in [4.78, 5) is 0. The highest BCUT2D eigenvalue weighted by molar-refractivity contribution is 5.45. The quantitative estimate of drug-likeness (QED) is 0.913. The van der Waals surface area contributed by atoms with E-state index < -0.39 is 0 Å². The van der Waals surface area contributed by atoms with Crippen molar-refractivity contribution in [3.63, 3.8) is 0 Å². The van der Waals surface area contributed by atoms with E-state index in [1.54, 1.807) is 7.11 Å². The van der Waals surface area contributed by atoms with Gasteiger partial charge in [-0.3, -0.25) is 4.68 Å². The molecule has 0 saturated heterocycles. The van der Waals surface area contributed by atoms with Crippen LogP contribution in [0.1, 0.15) is 22.5 Å². The average Bonchev–Trinajstić information content (AvgIpc) is 2.75. The van der Waals surface area contributed by atoms with Gasteiger partial charge in [0.05, 0.1) is 19.2 Å². The van der Waals surface area contributed by atoms with E-state index in [1.165, 1.54) is 0 Å². The highest BCUT2D eigenvalue weighted by Gasteiger charge is 2.04. The number of benzene rings is 1. The molecule has 0 aliphatic heterocycles. The lowest BCUT2D eigenvalue weighted by atomic mass is 10.1. The maximum absolute atomic E-state index is 9.06. The molecule has 2 aromatic rings. The van der Waals surface area contributed by atoms with Crippen LogP contribution in [0.3, 0.4) is 0 Å². The van der Waals surface area contributed by atoms with Crippen molar-refractivity contribution in [1.29, 1.82) is 5.26 Å². The molecule has 0 aliphatic rings. The normalized spacial score (nSPS) is 10.0. The van der Waals surface area contributed by atoms with Gasteiger partial charge in [0.25, 0.3) is 0 Å². The van der Waals surface area contributed by atoms with Crippen LogP contribution in [0.5, 0.6) is 5.75 Å². The minimum absolute atomic E-state index is 0.558. The first-order valence-corrected chi connectivity index (χ1v) is 6.11. The van der Waals surface area contributed by atoms with Crippen LogP contribution < -0.4 is 10.2 Å². The molecule has 1 aromatic heterocycles. The summed E-state index contributed by atoms with van der Waals surface area (Å²) in [5.74, 6) is 0.611. The summed E-state index contributed by atoms with van der Waals surface area (Å²) in [5.41, 5.74) is 7.25. The summed E-state index contributed by atoms with van der Waals surface area (Å²) in [7, 11) is 1.57. The lowest BCUT2D eigenvalue weighted by Gasteiger charge is -2.13. The second-order valence-corrected chi connectivity index (χ2v) is 4.43. The summed E-state index contributed by atoms with van der Waals surface area (Å²) >= 11 is 0. The lowest BCUT2D eigenvalue weighted by Crippen LogP contribution is -2.16. The molecule has 0 saturated carbocycles. The van der Waals surface area contributed by atoms with Gasteiger partial charge in [-0.25, -0.2) is 0 Å². The highest BCUT2D eigenvalue weighted by Crippen LogP contribution is 2.19. The Labute approximate surface area is 113 Å². The van der Waals surface area contributed by atoms with Crippen molar-refractivity contribution < 1.29 is 4.74 Å². The maximum atomic E-state index is 9.06. The molecule has 0 unspecified atom stereocenters. The van der Waals surface area contributed by atoms with Gasteiger partial charge >= 0.3 is 0 Å². The van der Waals surface area contributed by atoms with E-state index in [-0.39, 0.29) is 0 Å². The number of ether oxygens (including phenoxy) is 1. The third-order valence-electron chi connectivity index (χ3n) is 3.10. The Morgan fingerprint density at radius 3 is 2.47 bits per heavy atom. The number of nitriles is 1. The average molecular weight is 255 g/mol. The van der Waals surface area contributed by atoms with Gasteiger partial charge in [-0.1, -0.05) is 6.07 Å². The number of methoxy groups -OCH3 is 1. The number of hydrogen-bond acceptors (Lipinski definition) is 3. The number of aryl methyl sites for hydroxylation is 2. The molecule has 0 atom stereocenters. The monoisotopic (exact) mass is 255 g/mol. The fraction of sp³-hybridized carbons (Fsp3) is 0.267. The largest absolute Gasteiger partial charge is 0.495 e. The summed E-state index contributed by atoms with van der Waals surface area (Å²) in [6.07, 6.45) is 0. The molecular formula is C15H17N3O. The number of rotatable bonds is 4. The second-order valence-electron chi connectivity index (χ2n) is 4.43. The van der Waals surface area contributed by atoms with E-state index in [4.69, 9.17) is 10.00 Å². The second kappa shape index (κ2) is 5.49. The Morgan fingerprint density at radius 1 is 1.21 bits per heavy atom. The van der Waals surface area contributed by atoms with Crippen LogP contribution in [0, 0.1) is 25.2 Å². The van der Waals surface area contributed by atoms with Gasteiger partial charge in [0.2, 0.25) is 0 Å². The van der Waals surface area contributed by atoms with Crippen molar-refractivity contribution in [1.82, 2.24) is 4.68 Å². The molecule has 0 aliphatic carbocycles. The molecule has 0 amide bonds. The first-order chi connectivity index (χ1) is 9.15. The number of nitrogens with zero attached hydrogens (tertiary/aromatic N) is 2. The molecule has 0 bridgehead atoms. The van der Waals surface area contributed by atoms with E-state index in [0.29, 0.717) is 17.9 Å². The predicted octanol–water partition coefficient (Wildman–Crippen LogP) is 2.73. The van der Waals surface area contributed by atoms with E-state index in [1.807, 2.05) is 22.9 Å². The van der Waals surface area contributed by atoms with Crippen molar-refractivity contribution in [3.05, 3.63) is 52.8 Å². The smallest absolute Gasteiger partial charge is 0.136 e. The summed E-state index contributed by atoms with van der Waals surface area (Å²) < 4.78 is 7.17. The van der Waals surface area contributed by atoms with Crippen LogP contribution >= 0.6 is 0 Å². The van der Waals surface area contributed by atoms with Crippen molar-refractivity contribution in [2.24, 2.45) is 0 Å². The first-order valence-electron chi connectivity index (χ1n) is 6.11. The van der Waals surface area contributed by atoms with Crippen molar-refractivity contribution >= 4 is 0 Å². The van der Waals surface area contributed by atoms with Gasteiger partial charge in [-0.15, -0.1) is 0 Å². The number of nitrogens with one attached hydrogen (secondary N) is 1. The molecule has 98 valence electrons. The van der Waals surface area contributed by atoms with Gasteiger partial charge in [0, 0.05) is 11.4 Å². The summed E-state index contributed by atoms with van der Waals surface area (Å²) in [5, 5.41) is 9.06. The van der Waals surface area contributed by atoms with Gasteiger partial charge in [0.15, 0.2) is 0 Å². The molecule has 0 spiro atoms. The predicted molar refractivity (Wildman–Crippen MR) is 74.7 cm³/mol. The topological polar surface area (TPSA) is 50.0 Å². The molecule has 1 aromatic carbocycles. The Kier molecular flexibility index (Phi) is 3.76. The van der Waals surface area contributed by atoms with Crippen molar-refractivity contribution in [3.8, 4) is 11.8 Å². The van der Waals surface area contributed by atoms with Crippen LogP contribution in [0.2, 0.25) is 0 Å². The van der Waals surface area contributed by atoms with Crippen LogP contribution in [-0.2, 0) is 6.54 Å². The molecule has 1 heterocycles. The Bertz CT molecular complexity index is 603. The zero-order valence-corrected chi connectivity index (χ0v) is 11.4. The summed E-state index contributed by atoms with van der Waals surface area (Å²) in [6.45, 7) is 4.76. The van der Waals surface area contributed by atoms with Crippen molar-refractivity contribution in [2.45, 2.75) is 20.4 Å². The van der Waals surface area contributed by atoms with Crippen LogP contribution in [-0.4, -0.2) is 11.8 Å². The minimum atomic E-state index is 0.558. The van der Waals surface area contributed by atoms with E-state index in [2.05, 4.69) is 37.5 Å². The molecule has 0 radical (unpaired) electrons. The molecule has 19 heavy (non-hydrogen) atoms. The van der Waals surface area contributed by atoms with Crippen LogP contribution in [0.4, 0.5) is 0 Å². The number of hydrogen-bond donors (Lipinski definition) is 1. The minimum Gasteiger partial charge on any atom is -0.495 e. The fourth-order valence-electron chi connectivity index (χ4n) is 2.04. The maximum Gasteiger partial charge on any atom is 0.136 e. The van der Waals surface area contributed by atoms with Gasteiger partial charge in [-0.2, -0.15) is 5.26 Å². The Hall–Kier alpha value is -2.41. The third kappa shape index (κ3) is 2.71. The molecule has 1 N–H and O–H groups in total. The Balaban J connectivity index is 2.15. The third-order valence-corrected chi connectivity index (χ3v) is 3.10. The standard InChI is InChI=1S/C15H17N3O/c1-11-4-5-12(2)18(11)17-10-13-6-7-15(19-3)14(8-13)9-16/h4-8,17H,10H2,1-3H3. The van der Waals surface area contributed by atoms with Crippen LogP contribution in [0.15, 0.2) is 30.3 Å². The van der Waals surface area contributed by atoms with Gasteiger partial charge in [0.1, 0.15) is 11.8 Å². The highest BCUT2D eigenvalue weighted by atomic mass is 16.5. The number of aromatic nitrogens is 1. The SMILES string of the molecule is COc1ccc(CNn2c(C)ccc2C)cc1C#N. The van der Waals surface area contributed by atoms with E-state index >= 15 is 0 Å².